The third kappa shape index (κ3) is 2.06. The molecule has 1 aliphatic rings. The lowest BCUT2D eigenvalue weighted by atomic mass is 10.4. The molecule has 3 nitrogen and oxygen atoms in total. The van der Waals surface area contributed by atoms with Gasteiger partial charge in [-0.1, -0.05) is 0 Å². The van der Waals surface area contributed by atoms with Gasteiger partial charge in [-0.3, -0.25) is 4.79 Å². The van der Waals surface area contributed by atoms with Crippen LogP contribution in [-0.2, 0) is 11.3 Å². The molecule has 70 valence electrons. The summed E-state index contributed by atoms with van der Waals surface area (Å²) in [6.07, 6.45) is 4.10. The minimum atomic E-state index is 0.165. The summed E-state index contributed by atoms with van der Waals surface area (Å²) in [5.74, 6) is 0.165. The number of nitrogens with zero attached hydrogens (tertiary/aromatic N) is 2. The molecule has 0 aromatic carbocycles. The van der Waals surface area contributed by atoms with Crippen molar-refractivity contribution in [1.29, 1.82) is 0 Å². The van der Waals surface area contributed by atoms with Crippen LogP contribution >= 0.6 is 11.3 Å². The summed E-state index contributed by atoms with van der Waals surface area (Å²) < 4.78 is 0. The van der Waals surface area contributed by atoms with Crippen LogP contribution in [0.2, 0.25) is 0 Å². The standard InChI is InChI=1S/C9H12N2OS/c1-7(12)11(8-2-3-8)6-9-10-4-5-13-9/h4-5,8H,2-3,6H2,1H3. The van der Waals surface area contributed by atoms with Gasteiger partial charge >= 0.3 is 0 Å². The molecule has 1 fully saturated rings. The van der Waals surface area contributed by atoms with E-state index in [9.17, 15) is 4.79 Å². The van der Waals surface area contributed by atoms with Crippen LogP contribution in [0.3, 0.4) is 0 Å². The maximum absolute atomic E-state index is 11.3. The van der Waals surface area contributed by atoms with E-state index in [-0.39, 0.29) is 5.91 Å². The van der Waals surface area contributed by atoms with E-state index < -0.39 is 0 Å². The van der Waals surface area contributed by atoms with E-state index >= 15 is 0 Å². The smallest absolute Gasteiger partial charge is 0.220 e. The van der Waals surface area contributed by atoms with Crippen molar-refractivity contribution in [2.45, 2.75) is 32.4 Å². The minimum absolute atomic E-state index is 0.165. The average molecular weight is 196 g/mol. The van der Waals surface area contributed by atoms with Crippen LogP contribution in [0.15, 0.2) is 11.6 Å². The highest BCUT2D eigenvalue weighted by atomic mass is 32.1. The maximum Gasteiger partial charge on any atom is 0.220 e. The SMILES string of the molecule is CC(=O)N(Cc1nccs1)C1CC1. The van der Waals surface area contributed by atoms with E-state index in [0.717, 1.165) is 17.8 Å². The number of carbonyl (C=O) groups is 1. The molecule has 1 aromatic heterocycles. The number of thiazole rings is 1. The molecule has 0 aliphatic heterocycles. The lowest BCUT2D eigenvalue weighted by molar-refractivity contribution is -0.130. The van der Waals surface area contributed by atoms with Crippen LogP contribution in [0, 0.1) is 0 Å². The summed E-state index contributed by atoms with van der Waals surface area (Å²) in [5.41, 5.74) is 0. The number of hydrogen-bond acceptors (Lipinski definition) is 3. The van der Waals surface area contributed by atoms with Gasteiger partial charge in [0.2, 0.25) is 5.91 Å². The van der Waals surface area contributed by atoms with Crippen LogP contribution in [0.1, 0.15) is 24.8 Å². The number of amides is 1. The average Bonchev–Trinajstić information content (AvgIpc) is 2.79. The Bertz CT molecular complexity index is 293. The molecule has 0 radical (unpaired) electrons. The van der Waals surface area contributed by atoms with Crippen molar-refractivity contribution in [1.82, 2.24) is 9.88 Å². The quantitative estimate of drug-likeness (QED) is 0.736. The van der Waals surface area contributed by atoms with Crippen LogP contribution in [0.5, 0.6) is 0 Å². The zero-order chi connectivity index (χ0) is 9.26. The molecule has 0 unspecified atom stereocenters. The van der Waals surface area contributed by atoms with Gasteiger partial charge in [0.1, 0.15) is 5.01 Å². The molecule has 0 N–H and O–H groups in total. The van der Waals surface area contributed by atoms with E-state index in [1.807, 2.05) is 10.3 Å². The molecule has 2 rings (SSSR count). The van der Waals surface area contributed by atoms with Gasteiger partial charge in [0.05, 0.1) is 6.54 Å². The van der Waals surface area contributed by atoms with Crippen LogP contribution in [-0.4, -0.2) is 21.8 Å². The topological polar surface area (TPSA) is 33.2 Å². The molecule has 0 saturated heterocycles. The van der Waals surface area contributed by atoms with Gasteiger partial charge in [-0.25, -0.2) is 4.98 Å². The number of carbonyl (C=O) groups excluding carboxylic acids is 1. The summed E-state index contributed by atoms with van der Waals surface area (Å²) in [6.45, 7) is 2.32. The monoisotopic (exact) mass is 196 g/mol. The van der Waals surface area contributed by atoms with Gasteiger partial charge in [-0.15, -0.1) is 11.3 Å². The molecule has 1 saturated carbocycles. The third-order valence-electron chi connectivity index (χ3n) is 2.18. The molecule has 13 heavy (non-hydrogen) atoms. The summed E-state index contributed by atoms with van der Waals surface area (Å²) in [4.78, 5) is 17.3. The highest BCUT2D eigenvalue weighted by Gasteiger charge is 2.31. The van der Waals surface area contributed by atoms with E-state index in [0.29, 0.717) is 12.6 Å². The third-order valence-corrected chi connectivity index (χ3v) is 2.95. The fraction of sp³-hybridized carbons (Fsp3) is 0.556. The van der Waals surface area contributed by atoms with Crippen molar-refractivity contribution in [2.75, 3.05) is 0 Å². The fourth-order valence-electron chi connectivity index (χ4n) is 1.36. The van der Waals surface area contributed by atoms with E-state index in [2.05, 4.69) is 4.98 Å². The highest BCUT2D eigenvalue weighted by molar-refractivity contribution is 7.09. The first-order valence-electron chi connectivity index (χ1n) is 4.43. The van der Waals surface area contributed by atoms with E-state index in [4.69, 9.17) is 0 Å². The first kappa shape index (κ1) is 8.69. The lowest BCUT2D eigenvalue weighted by Gasteiger charge is -2.18. The summed E-state index contributed by atoms with van der Waals surface area (Å²) >= 11 is 1.61. The molecule has 0 atom stereocenters. The van der Waals surface area contributed by atoms with Crippen molar-refractivity contribution in [3.05, 3.63) is 16.6 Å². The Hall–Kier alpha value is -0.900. The number of aromatic nitrogens is 1. The van der Waals surface area contributed by atoms with Gasteiger partial charge in [0, 0.05) is 24.5 Å². The summed E-state index contributed by atoms with van der Waals surface area (Å²) in [7, 11) is 0. The van der Waals surface area contributed by atoms with Crippen LogP contribution < -0.4 is 0 Å². The maximum atomic E-state index is 11.3. The van der Waals surface area contributed by atoms with Crippen molar-refractivity contribution >= 4 is 17.2 Å². The normalized spacial score (nSPS) is 15.8. The van der Waals surface area contributed by atoms with Crippen LogP contribution in [0.25, 0.3) is 0 Å². The summed E-state index contributed by atoms with van der Waals surface area (Å²) in [6, 6.07) is 0.487. The molecule has 4 heteroatoms. The van der Waals surface area contributed by atoms with Gasteiger partial charge in [0.15, 0.2) is 0 Å². The molecule has 0 spiro atoms. The minimum Gasteiger partial charge on any atom is -0.333 e. The summed E-state index contributed by atoms with van der Waals surface area (Å²) in [5, 5.41) is 2.97. The zero-order valence-electron chi connectivity index (χ0n) is 7.56. The Morgan fingerprint density at radius 2 is 2.54 bits per heavy atom. The second-order valence-electron chi connectivity index (χ2n) is 3.30. The first-order valence-corrected chi connectivity index (χ1v) is 5.31. The Morgan fingerprint density at radius 1 is 1.77 bits per heavy atom. The molecule has 1 aliphatic carbocycles. The van der Waals surface area contributed by atoms with Crippen molar-refractivity contribution in [3.63, 3.8) is 0 Å². The Kier molecular flexibility index (Phi) is 2.31. The second kappa shape index (κ2) is 3.46. The van der Waals surface area contributed by atoms with Crippen LogP contribution in [0.4, 0.5) is 0 Å². The first-order chi connectivity index (χ1) is 6.27. The molecule has 1 amide bonds. The molecule has 0 bridgehead atoms. The highest BCUT2D eigenvalue weighted by Crippen LogP contribution is 2.28. The lowest BCUT2D eigenvalue weighted by Crippen LogP contribution is -2.30. The van der Waals surface area contributed by atoms with Gasteiger partial charge in [-0.05, 0) is 12.8 Å². The van der Waals surface area contributed by atoms with Crippen molar-refractivity contribution in [3.8, 4) is 0 Å². The van der Waals surface area contributed by atoms with Gasteiger partial charge < -0.3 is 4.90 Å². The van der Waals surface area contributed by atoms with E-state index in [1.165, 1.54) is 0 Å². The number of rotatable bonds is 3. The van der Waals surface area contributed by atoms with Gasteiger partial charge in [-0.2, -0.15) is 0 Å². The van der Waals surface area contributed by atoms with Crippen molar-refractivity contribution < 1.29 is 4.79 Å². The van der Waals surface area contributed by atoms with Gasteiger partial charge in [0.25, 0.3) is 0 Å². The molecule has 1 aromatic rings. The zero-order valence-corrected chi connectivity index (χ0v) is 8.38. The number of hydrogen-bond donors (Lipinski definition) is 0. The molecule has 1 heterocycles. The Labute approximate surface area is 81.4 Å². The molecular weight excluding hydrogens is 184 g/mol. The Morgan fingerprint density at radius 3 is 3.00 bits per heavy atom. The Balaban J connectivity index is 2.01. The van der Waals surface area contributed by atoms with Crippen molar-refractivity contribution in [2.24, 2.45) is 0 Å². The fourth-order valence-corrected chi connectivity index (χ4v) is 1.97. The second-order valence-corrected chi connectivity index (χ2v) is 4.28. The predicted molar refractivity (Wildman–Crippen MR) is 51.4 cm³/mol. The largest absolute Gasteiger partial charge is 0.333 e. The van der Waals surface area contributed by atoms with E-state index in [1.54, 1.807) is 24.5 Å². The predicted octanol–water partition coefficient (Wildman–Crippen LogP) is 1.65. The molecular formula is C9H12N2OS.